The molecule has 2 aliphatic rings. The summed E-state index contributed by atoms with van der Waals surface area (Å²) >= 11 is 0. The van der Waals surface area contributed by atoms with Crippen LogP contribution in [-0.2, 0) is 9.47 Å². The molecule has 0 unspecified atom stereocenters. The number of hydrogen-bond donors (Lipinski definition) is 2. The average Bonchev–Trinajstić information content (AvgIpc) is 2.79. The number of rotatable bonds is 7. The molecule has 1 saturated heterocycles. The maximum Gasteiger partial charge on any atom is 0.338 e. The molecule has 2 N–H and O–H groups in total. The van der Waals surface area contributed by atoms with Crippen LogP contribution in [0.2, 0.25) is 0 Å². The van der Waals surface area contributed by atoms with Crippen LogP contribution in [0.25, 0.3) is 0 Å². The Morgan fingerprint density at radius 1 is 0.938 bits per heavy atom. The van der Waals surface area contributed by atoms with E-state index in [9.17, 15) is 24.6 Å². The van der Waals surface area contributed by atoms with Crippen molar-refractivity contribution in [2.75, 3.05) is 39.5 Å². The number of fused-ring (bicyclic) bond motifs is 2. The van der Waals surface area contributed by atoms with Gasteiger partial charge in [-0.25, -0.2) is 4.79 Å². The number of ketones is 2. The highest BCUT2D eigenvalue weighted by molar-refractivity contribution is 6.30. The maximum atomic E-state index is 12.9. The second kappa shape index (κ2) is 9.50. The standard InChI is InChI=1S/C24H25NO7/c26-18-6-4-5-16-20(18)23(29)21-17(22(16)28)13-15(14-19(21)27)24(30)32-10-3-1-2-7-25-8-11-31-12-9-25/h4-6,13-14,26-27H,1-3,7-12H2. The van der Waals surface area contributed by atoms with Crippen LogP contribution in [-0.4, -0.2) is 72.1 Å². The maximum absolute atomic E-state index is 12.9. The summed E-state index contributed by atoms with van der Waals surface area (Å²) in [6.45, 7) is 4.65. The molecular formula is C24H25NO7. The third-order valence-corrected chi connectivity index (χ3v) is 5.79. The molecule has 0 aromatic heterocycles. The van der Waals surface area contributed by atoms with Crippen LogP contribution in [0.4, 0.5) is 0 Å². The number of benzene rings is 2. The number of phenolic OH excluding ortho intramolecular Hbond substituents is 2. The minimum atomic E-state index is -0.668. The average molecular weight is 439 g/mol. The van der Waals surface area contributed by atoms with E-state index in [1.807, 2.05) is 0 Å². The van der Waals surface area contributed by atoms with Gasteiger partial charge in [0.15, 0.2) is 5.78 Å². The van der Waals surface area contributed by atoms with Gasteiger partial charge >= 0.3 is 5.97 Å². The van der Waals surface area contributed by atoms with Crippen molar-refractivity contribution in [3.05, 3.63) is 58.1 Å². The first-order chi connectivity index (χ1) is 15.5. The molecule has 0 atom stereocenters. The number of ether oxygens (including phenoxy) is 2. The van der Waals surface area contributed by atoms with Crippen LogP contribution in [0.15, 0.2) is 30.3 Å². The largest absolute Gasteiger partial charge is 0.507 e. The molecule has 1 aliphatic carbocycles. The van der Waals surface area contributed by atoms with E-state index in [-0.39, 0.29) is 40.2 Å². The van der Waals surface area contributed by atoms with Gasteiger partial charge in [-0.15, -0.1) is 0 Å². The fraction of sp³-hybridized carbons (Fsp3) is 0.375. The fourth-order valence-electron chi connectivity index (χ4n) is 4.09. The van der Waals surface area contributed by atoms with E-state index < -0.39 is 23.3 Å². The van der Waals surface area contributed by atoms with Gasteiger partial charge in [-0.1, -0.05) is 12.1 Å². The molecule has 2 aromatic rings. The van der Waals surface area contributed by atoms with Crippen LogP contribution in [0.1, 0.15) is 61.5 Å². The van der Waals surface area contributed by atoms with Crippen LogP contribution in [0.3, 0.4) is 0 Å². The highest BCUT2D eigenvalue weighted by Gasteiger charge is 2.35. The van der Waals surface area contributed by atoms with Gasteiger partial charge in [-0.3, -0.25) is 14.5 Å². The molecular weight excluding hydrogens is 414 g/mol. The Hall–Kier alpha value is -3.23. The van der Waals surface area contributed by atoms with Gasteiger partial charge in [-0.2, -0.15) is 0 Å². The minimum absolute atomic E-state index is 0.000630. The molecule has 0 amide bonds. The molecule has 168 valence electrons. The van der Waals surface area contributed by atoms with Crippen LogP contribution in [0, 0.1) is 0 Å². The summed E-state index contributed by atoms with van der Waals surface area (Å²) in [5.74, 6) is -2.70. The molecule has 8 heteroatoms. The quantitative estimate of drug-likeness (QED) is 0.427. The van der Waals surface area contributed by atoms with E-state index >= 15 is 0 Å². The third kappa shape index (κ3) is 4.37. The molecule has 0 radical (unpaired) electrons. The number of hydrogen-bond acceptors (Lipinski definition) is 8. The predicted octanol–water partition coefficient (Wildman–Crippen LogP) is 2.53. The minimum Gasteiger partial charge on any atom is -0.507 e. The first-order valence-electron chi connectivity index (χ1n) is 10.7. The summed E-state index contributed by atoms with van der Waals surface area (Å²) in [5.41, 5.74) is -0.408. The molecule has 0 saturated carbocycles. The van der Waals surface area contributed by atoms with Gasteiger partial charge in [0.25, 0.3) is 0 Å². The van der Waals surface area contributed by atoms with E-state index in [2.05, 4.69) is 4.90 Å². The summed E-state index contributed by atoms with van der Waals surface area (Å²) in [6.07, 6.45) is 2.62. The van der Waals surface area contributed by atoms with Crippen LogP contribution >= 0.6 is 0 Å². The molecule has 4 rings (SSSR count). The Morgan fingerprint density at radius 2 is 1.69 bits per heavy atom. The number of phenols is 2. The normalized spacial score (nSPS) is 15.9. The lowest BCUT2D eigenvalue weighted by molar-refractivity contribution is 0.0363. The monoisotopic (exact) mass is 439 g/mol. The third-order valence-electron chi connectivity index (χ3n) is 5.79. The Bertz CT molecular complexity index is 1060. The number of carbonyl (C=O) groups excluding carboxylic acids is 3. The van der Waals surface area contributed by atoms with Crippen molar-refractivity contribution < 1.29 is 34.1 Å². The zero-order valence-corrected chi connectivity index (χ0v) is 17.6. The summed E-state index contributed by atoms with van der Waals surface area (Å²) < 4.78 is 10.6. The van der Waals surface area contributed by atoms with Gasteiger partial charge in [0, 0.05) is 24.2 Å². The number of nitrogens with zero attached hydrogens (tertiary/aromatic N) is 1. The van der Waals surface area contributed by atoms with Gasteiger partial charge in [0.2, 0.25) is 5.78 Å². The Labute approximate surface area is 185 Å². The number of morpholine rings is 1. The molecule has 8 nitrogen and oxygen atoms in total. The van der Waals surface area contributed by atoms with Crippen molar-refractivity contribution in [2.24, 2.45) is 0 Å². The SMILES string of the molecule is O=C(OCCCCCN1CCOCC1)c1cc(O)c2c(c1)C(=O)c1cccc(O)c1C2=O. The van der Waals surface area contributed by atoms with E-state index in [4.69, 9.17) is 9.47 Å². The highest BCUT2D eigenvalue weighted by Crippen LogP contribution is 2.37. The lowest BCUT2D eigenvalue weighted by Gasteiger charge is -2.26. The van der Waals surface area contributed by atoms with Gasteiger partial charge in [-0.05, 0) is 44.0 Å². The summed E-state index contributed by atoms with van der Waals surface area (Å²) in [5, 5.41) is 20.4. The lowest BCUT2D eigenvalue weighted by atomic mass is 9.82. The Morgan fingerprint density at radius 3 is 2.47 bits per heavy atom. The molecule has 1 fully saturated rings. The molecule has 0 spiro atoms. The highest BCUT2D eigenvalue weighted by atomic mass is 16.5. The Kier molecular flexibility index (Phi) is 6.53. The van der Waals surface area contributed by atoms with E-state index in [1.165, 1.54) is 24.3 Å². The van der Waals surface area contributed by atoms with Crippen molar-refractivity contribution >= 4 is 17.5 Å². The second-order valence-corrected chi connectivity index (χ2v) is 7.93. The molecule has 1 aliphatic heterocycles. The van der Waals surface area contributed by atoms with E-state index in [1.54, 1.807) is 0 Å². The number of esters is 1. The van der Waals surface area contributed by atoms with Gasteiger partial charge in [0.1, 0.15) is 11.5 Å². The van der Waals surface area contributed by atoms with E-state index in [0.29, 0.717) is 6.42 Å². The molecule has 32 heavy (non-hydrogen) atoms. The van der Waals surface area contributed by atoms with Crippen LogP contribution in [0.5, 0.6) is 11.5 Å². The summed E-state index contributed by atoms with van der Waals surface area (Å²) in [6, 6.07) is 6.58. The van der Waals surface area contributed by atoms with Gasteiger partial charge < -0.3 is 19.7 Å². The number of carbonyl (C=O) groups is 3. The first kappa shape index (κ1) is 22.0. The van der Waals surface area contributed by atoms with Crippen molar-refractivity contribution in [2.45, 2.75) is 19.3 Å². The fourth-order valence-corrected chi connectivity index (χ4v) is 4.09. The zero-order chi connectivity index (χ0) is 22.7. The number of unbranched alkanes of at least 4 members (excludes halogenated alkanes) is 2. The molecule has 0 bridgehead atoms. The van der Waals surface area contributed by atoms with Gasteiger partial charge in [0.05, 0.1) is 36.5 Å². The first-order valence-corrected chi connectivity index (χ1v) is 10.7. The van der Waals surface area contributed by atoms with Crippen molar-refractivity contribution in [1.82, 2.24) is 4.90 Å². The molecule has 2 aromatic carbocycles. The van der Waals surface area contributed by atoms with E-state index in [0.717, 1.165) is 51.8 Å². The summed E-state index contributed by atoms with van der Waals surface area (Å²) in [7, 11) is 0. The Balaban J connectivity index is 1.37. The van der Waals surface area contributed by atoms with Crippen molar-refractivity contribution in [3.8, 4) is 11.5 Å². The second-order valence-electron chi connectivity index (χ2n) is 7.93. The molecule has 1 heterocycles. The van der Waals surface area contributed by atoms with Crippen molar-refractivity contribution in [1.29, 1.82) is 0 Å². The topological polar surface area (TPSA) is 113 Å². The van der Waals surface area contributed by atoms with Crippen LogP contribution < -0.4 is 0 Å². The van der Waals surface area contributed by atoms with Crippen molar-refractivity contribution in [3.63, 3.8) is 0 Å². The number of aromatic hydroxyl groups is 2. The summed E-state index contributed by atoms with van der Waals surface area (Å²) in [4.78, 5) is 40.4. The lowest BCUT2D eigenvalue weighted by Crippen LogP contribution is -2.36. The predicted molar refractivity (Wildman–Crippen MR) is 114 cm³/mol. The smallest absolute Gasteiger partial charge is 0.338 e. The zero-order valence-electron chi connectivity index (χ0n) is 17.6.